The fourth-order valence-corrected chi connectivity index (χ4v) is 3.84. The van der Waals surface area contributed by atoms with Gasteiger partial charge in [0.05, 0.1) is 25.2 Å². The molecule has 130 valence electrons. The Morgan fingerprint density at radius 3 is 2.83 bits per heavy atom. The molecule has 4 rings (SSSR count). The topological polar surface area (TPSA) is 90.7 Å². The van der Waals surface area contributed by atoms with Gasteiger partial charge in [0.25, 0.3) is 0 Å². The summed E-state index contributed by atoms with van der Waals surface area (Å²) in [7, 11) is 0. The monoisotopic (exact) mass is 330 g/mol. The van der Waals surface area contributed by atoms with Crippen molar-refractivity contribution in [3.05, 3.63) is 23.5 Å². The van der Waals surface area contributed by atoms with Gasteiger partial charge in [-0.15, -0.1) is 0 Å². The fourth-order valence-electron chi connectivity index (χ4n) is 3.84. The molecule has 0 radical (unpaired) electrons. The number of aromatic amines is 1. The van der Waals surface area contributed by atoms with Gasteiger partial charge in [-0.2, -0.15) is 0 Å². The minimum absolute atomic E-state index is 0.435. The standard InChI is InChI=1S/C17H26N6O/c18-15(16-14-5-6-19-17(14)21-11-20-16)12-1-3-13(4-2-12)22-23-7-9-24-10-8-23/h5-6,11-13,19,22H,1-4,7-10,18H2,(H,20,21)/b16-15-. The highest BCUT2D eigenvalue weighted by Gasteiger charge is 2.27. The SMILES string of the molecule is N/C(=C1\NC=Nc2[nH]ccc21)C1CCC(NN2CCOCC2)CC1. The van der Waals surface area contributed by atoms with Gasteiger partial charge in [0.2, 0.25) is 0 Å². The van der Waals surface area contributed by atoms with Gasteiger partial charge < -0.3 is 20.8 Å². The maximum Gasteiger partial charge on any atom is 0.141 e. The van der Waals surface area contributed by atoms with Crippen LogP contribution in [0, 0.1) is 5.92 Å². The maximum atomic E-state index is 6.52. The Morgan fingerprint density at radius 1 is 1.25 bits per heavy atom. The smallest absolute Gasteiger partial charge is 0.141 e. The average molecular weight is 330 g/mol. The molecule has 7 heteroatoms. The second kappa shape index (κ2) is 6.96. The van der Waals surface area contributed by atoms with Crippen molar-refractivity contribution in [1.29, 1.82) is 0 Å². The van der Waals surface area contributed by atoms with E-state index in [4.69, 9.17) is 10.5 Å². The van der Waals surface area contributed by atoms with Crippen LogP contribution < -0.4 is 16.5 Å². The summed E-state index contributed by atoms with van der Waals surface area (Å²) in [5, 5.41) is 5.55. The second-order valence-corrected chi connectivity index (χ2v) is 6.75. The number of aliphatic imine (C=N–C) groups is 1. The zero-order valence-corrected chi connectivity index (χ0v) is 13.9. The van der Waals surface area contributed by atoms with Crippen LogP contribution in [0.3, 0.4) is 0 Å². The van der Waals surface area contributed by atoms with E-state index >= 15 is 0 Å². The Labute approximate surface area is 142 Å². The number of ether oxygens (including phenoxy) is 1. The quantitative estimate of drug-likeness (QED) is 0.671. The van der Waals surface area contributed by atoms with E-state index < -0.39 is 0 Å². The molecule has 0 aromatic carbocycles. The molecule has 0 atom stereocenters. The molecular formula is C17H26N6O. The summed E-state index contributed by atoms with van der Waals surface area (Å²) in [5.41, 5.74) is 13.2. The summed E-state index contributed by atoms with van der Waals surface area (Å²) in [4.78, 5) is 7.45. The van der Waals surface area contributed by atoms with Crippen LogP contribution in [-0.4, -0.2) is 48.7 Å². The number of morpholine rings is 1. The summed E-state index contributed by atoms with van der Waals surface area (Å²) < 4.78 is 5.40. The van der Waals surface area contributed by atoms with Crippen LogP contribution >= 0.6 is 0 Å². The molecule has 1 saturated carbocycles. The Bertz CT molecular complexity index is 623. The normalized spacial score (nSPS) is 29.8. The van der Waals surface area contributed by atoms with Gasteiger partial charge in [-0.25, -0.2) is 10.0 Å². The molecule has 0 spiro atoms. The molecule has 3 heterocycles. The number of nitrogens with two attached hydrogens (primary N) is 1. The molecule has 2 fully saturated rings. The van der Waals surface area contributed by atoms with Gasteiger partial charge in [0, 0.05) is 42.5 Å². The van der Waals surface area contributed by atoms with E-state index in [9.17, 15) is 0 Å². The number of allylic oxidation sites excluding steroid dienone is 1. The third kappa shape index (κ3) is 3.19. The largest absolute Gasteiger partial charge is 0.400 e. The molecule has 2 aliphatic heterocycles. The van der Waals surface area contributed by atoms with Crippen molar-refractivity contribution in [2.75, 3.05) is 26.3 Å². The number of nitrogens with zero attached hydrogens (tertiary/aromatic N) is 2. The number of hydrogen-bond donors (Lipinski definition) is 4. The summed E-state index contributed by atoms with van der Waals surface area (Å²) >= 11 is 0. The van der Waals surface area contributed by atoms with Crippen molar-refractivity contribution in [2.45, 2.75) is 31.7 Å². The molecule has 0 amide bonds. The number of aromatic nitrogens is 1. The first-order valence-electron chi connectivity index (χ1n) is 8.86. The number of hydrogen-bond acceptors (Lipinski definition) is 6. The lowest BCUT2D eigenvalue weighted by Crippen LogP contribution is -2.51. The van der Waals surface area contributed by atoms with Gasteiger partial charge in [-0.1, -0.05) is 0 Å². The van der Waals surface area contributed by atoms with E-state index in [-0.39, 0.29) is 0 Å². The first-order chi connectivity index (χ1) is 11.8. The second-order valence-electron chi connectivity index (χ2n) is 6.75. The van der Waals surface area contributed by atoms with Crippen LogP contribution in [0.2, 0.25) is 0 Å². The zero-order chi connectivity index (χ0) is 16.4. The van der Waals surface area contributed by atoms with Crippen molar-refractivity contribution in [2.24, 2.45) is 16.6 Å². The molecular weight excluding hydrogens is 304 g/mol. The van der Waals surface area contributed by atoms with Crippen LogP contribution in [0.1, 0.15) is 31.2 Å². The van der Waals surface area contributed by atoms with Gasteiger partial charge >= 0.3 is 0 Å². The van der Waals surface area contributed by atoms with Gasteiger partial charge in [-0.05, 0) is 31.7 Å². The number of fused-ring (bicyclic) bond motifs is 1. The van der Waals surface area contributed by atoms with Crippen molar-refractivity contribution in [3.63, 3.8) is 0 Å². The van der Waals surface area contributed by atoms with E-state index in [1.165, 1.54) is 0 Å². The third-order valence-corrected chi connectivity index (χ3v) is 5.23. The minimum atomic E-state index is 0.435. The number of nitrogens with one attached hydrogen (secondary N) is 3. The summed E-state index contributed by atoms with van der Waals surface area (Å²) in [6.45, 7) is 3.61. The summed E-state index contributed by atoms with van der Waals surface area (Å²) in [5.74, 6) is 1.32. The van der Waals surface area contributed by atoms with E-state index in [0.29, 0.717) is 12.0 Å². The molecule has 1 aromatic heterocycles. The predicted octanol–water partition coefficient (Wildman–Crippen LogP) is 1.30. The molecule has 0 unspecified atom stereocenters. The van der Waals surface area contributed by atoms with Crippen LogP contribution in [0.5, 0.6) is 0 Å². The predicted molar refractivity (Wildman–Crippen MR) is 94.5 cm³/mol. The van der Waals surface area contributed by atoms with Crippen molar-refractivity contribution >= 4 is 17.9 Å². The lowest BCUT2D eigenvalue weighted by Gasteiger charge is -2.36. The highest BCUT2D eigenvalue weighted by atomic mass is 16.5. The average Bonchev–Trinajstić information content (AvgIpc) is 3.11. The lowest BCUT2D eigenvalue weighted by atomic mass is 9.83. The summed E-state index contributed by atoms with van der Waals surface area (Å²) in [6, 6.07) is 2.59. The molecule has 7 nitrogen and oxygen atoms in total. The highest BCUT2D eigenvalue weighted by molar-refractivity contribution is 5.87. The maximum absolute atomic E-state index is 6.52. The molecule has 1 saturated heterocycles. The van der Waals surface area contributed by atoms with Gasteiger partial charge in [0.1, 0.15) is 5.82 Å². The number of hydrazine groups is 1. The van der Waals surface area contributed by atoms with Crippen LogP contribution in [0.25, 0.3) is 5.70 Å². The Hall–Kier alpha value is -1.83. The summed E-state index contributed by atoms with van der Waals surface area (Å²) in [6.07, 6.45) is 8.18. The van der Waals surface area contributed by atoms with Gasteiger partial charge in [0.15, 0.2) is 0 Å². The van der Waals surface area contributed by atoms with Crippen molar-refractivity contribution < 1.29 is 4.74 Å². The number of rotatable bonds is 3. The first kappa shape index (κ1) is 15.7. The molecule has 5 N–H and O–H groups in total. The third-order valence-electron chi connectivity index (χ3n) is 5.23. The zero-order valence-electron chi connectivity index (χ0n) is 13.9. The van der Waals surface area contributed by atoms with E-state index in [1.807, 2.05) is 12.3 Å². The van der Waals surface area contributed by atoms with Crippen LogP contribution in [0.15, 0.2) is 23.0 Å². The van der Waals surface area contributed by atoms with Crippen molar-refractivity contribution in [1.82, 2.24) is 20.7 Å². The Balaban J connectivity index is 1.37. The van der Waals surface area contributed by atoms with Crippen molar-refractivity contribution in [3.8, 4) is 0 Å². The Morgan fingerprint density at radius 2 is 2.04 bits per heavy atom. The molecule has 0 bridgehead atoms. The van der Waals surface area contributed by atoms with E-state index in [1.54, 1.807) is 6.34 Å². The van der Waals surface area contributed by atoms with E-state index in [0.717, 1.165) is 74.8 Å². The highest BCUT2D eigenvalue weighted by Crippen LogP contribution is 2.34. The lowest BCUT2D eigenvalue weighted by molar-refractivity contribution is -0.000614. The minimum Gasteiger partial charge on any atom is -0.400 e. The molecule has 24 heavy (non-hydrogen) atoms. The number of H-pyrrole nitrogens is 1. The molecule has 1 aromatic rings. The van der Waals surface area contributed by atoms with Gasteiger partial charge in [-0.3, -0.25) is 5.43 Å². The molecule has 1 aliphatic carbocycles. The van der Waals surface area contributed by atoms with E-state index in [2.05, 4.69) is 25.7 Å². The molecule has 3 aliphatic rings. The Kier molecular flexibility index (Phi) is 4.55. The van der Waals surface area contributed by atoms with Crippen LogP contribution in [-0.2, 0) is 4.74 Å². The fraction of sp³-hybridized carbons (Fsp3) is 0.588. The first-order valence-corrected chi connectivity index (χ1v) is 8.86. The van der Waals surface area contributed by atoms with Crippen LogP contribution in [0.4, 0.5) is 5.82 Å².